The van der Waals surface area contributed by atoms with Gasteiger partial charge in [-0.05, 0) is 38.0 Å². The Hall–Kier alpha value is -2.63. The molecule has 2 rings (SSSR count). The highest BCUT2D eigenvalue weighted by atomic mass is 16.2. The van der Waals surface area contributed by atoms with Crippen molar-refractivity contribution in [2.45, 2.75) is 47.1 Å². The van der Waals surface area contributed by atoms with E-state index in [2.05, 4.69) is 15.7 Å². The summed E-state index contributed by atoms with van der Waals surface area (Å²) in [7, 11) is 1.88. The molecule has 0 saturated carbocycles. The quantitative estimate of drug-likeness (QED) is 0.801. The number of amides is 2. The standard InChI is InChI=1S/C20H28N4O2/c1-6-13(2)20(26)22-17-9-7-8-16(10-17)12-21-19(25)11-18-14(3)23-24(5)15(18)4/h7-10,13H,6,11-12H2,1-5H3,(H,21,25)(H,22,26). The predicted octanol–water partition coefficient (Wildman–Crippen LogP) is 2.88. The van der Waals surface area contributed by atoms with Crippen LogP contribution in [0.3, 0.4) is 0 Å². The number of carbonyl (C=O) groups excluding carboxylic acids is 2. The first-order valence-electron chi connectivity index (χ1n) is 8.97. The van der Waals surface area contributed by atoms with Crippen molar-refractivity contribution in [1.82, 2.24) is 15.1 Å². The van der Waals surface area contributed by atoms with Gasteiger partial charge in [-0.3, -0.25) is 14.3 Å². The Bertz CT molecular complexity index is 795. The van der Waals surface area contributed by atoms with Gasteiger partial charge in [0.2, 0.25) is 11.8 Å². The van der Waals surface area contributed by atoms with Crippen molar-refractivity contribution in [2.75, 3.05) is 5.32 Å². The molecular weight excluding hydrogens is 328 g/mol. The van der Waals surface area contributed by atoms with Gasteiger partial charge in [0.25, 0.3) is 0 Å². The summed E-state index contributed by atoms with van der Waals surface area (Å²) >= 11 is 0. The second-order valence-electron chi connectivity index (χ2n) is 6.73. The fraction of sp³-hybridized carbons (Fsp3) is 0.450. The van der Waals surface area contributed by atoms with E-state index in [1.54, 1.807) is 4.68 Å². The van der Waals surface area contributed by atoms with E-state index in [1.807, 2.05) is 59.0 Å². The zero-order valence-electron chi connectivity index (χ0n) is 16.2. The van der Waals surface area contributed by atoms with Gasteiger partial charge in [0, 0.05) is 36.5 Å². The highest BCUT2D eigenvalue weighted by molar-refractivity contribution is 5.92. The number of nitrogens with one attached hydrogen (secondary N) is 2. The normalized spacial score (nSPS) is 11.9. The molecule has 2 amide bonds. The van der Waals surface area contributed by atoms with Crippen LogP contribution in [0.2, 0.25) is 0 Å². The molecule has 26 heavy (non-hydrogen) atoms. The molecule has 0 aliphatic heterocycles. The molecule has 6 heteroatoms. The molecule has 0 spiro atoms. The van der Waals surface area contributed by atoms with Crippen molar-refractivity contribution in [1.29, 1.82) is 0 Å². The van der Waals surface area contributed by atoms with Crippen LogP contribution in [-0.4, -0.2) is 21.6 Å². The lowest BCUT2D eigenvalue weighted by Crippen LogP contribution is -2.25. The summed E-state index contributed by atoms with van der Waals surface area (Å²) in [5.74, 6) is -0.0567. The van der Waals surface area contributed by atoms with Crippen LogP contribution in [-0.2, 0) is 29.6 Å². The van der Waals surface area contributed by atoms with Crippen molar-refractivity contribution >= 4 is 17.5 Å². The average molecular weight is 356 g/mol. The lowest BCUT2D eigenvalue weighted by molar-refractivity contribution is -0.121. The van der Waals surface area contributed by atoms with Gasteiger partial charge >= 0.3 is 0 Å². The number of hydrogen-bond acceptors (Lipinski definition) is 3. The van der Waals surface area contributed by atoms with Crippen LogP contribution >= 0.6 is 0 Å². The SMILES string of the molecule is CCC(C)C(=O)Nc1cccc(CNC(=O)Cc2c(C)nn(C)c2C)c1. The lowest BCUT2D eigenvalue weighted by Gasteiger charge is -2.11. The second kappa shape index (κ2) is 8.65. The fourth-order valence-corrected chi connectivity index (χ4v) is 2.71. The zero-order valence-corrected chi connectivity index (χ0v) is 16.2. The molecule has 0 aliphatic carbocycles. The van der Waals surface area contributed by atoms with Crippen LogP contribution in [0, 0.1) is 19.8 Å². The first-order chi connectivity index (χ1) is 12.3. The van der Waals surface area contributed by atoms with E-state index in [1.165, 1.54) is 0 Å². The molecule has 2 N–H and O–H groups in total. The summed E-state index contributed by atoms with van der Waals surface area (Å²) < 4.78 is 1.79. The van der Waals surface area contributed by atoms with E-state index in [0.717, 1.165) is 34.6 Å². The largest absolute Gasteiger partial charge is 0.352 e. The molecule has 0 aliphatic rings. The summed E-state index contributed by atoms with van der Waals surface area (Å²) in [5.41, 5.74) is 4.56. The molecule has 1 aromatic heterocycles. The number of rotatable bonds is 7. The van der Waals surface area contributed by atoms with Gasteiger partial charge in [-0.1, -0.05) is 26.0 Å². The number of aryl methyl sites for hydroxylation is 2. The van der Waals surface area contributed by atoms with Gasteiger partial charge in [0.05, 0.1) is 12.1 Å². The minimum absolute atomic E-state index is 0.0104. The van der Waals surface area contributed by atoms with Crippen LogP contribution in [0.1, 0.15) is 42.8 Å². The van der Waals surface area contributed by atoms with Gasteiger partial charge in [0.1, 0.15) is 0 Å². The molecule has 1 unspecified atom stereocenters. The Labute approximate surface area is 155 Å². The van der Waals surface area contributed by atoms with Crippen LogP contribution < -0.4 is 10.6 Å². The smallest absolute Gasteiger partial charge is 0.227 e. The lowest BCUT2D eigenvalue weighted by atomic mass is 10.1. The fourth-order valence-electron chi connectivity index (χ4n) is 2.71. The number of anilines is 1. The Morgan fingerprint density at radius 1 is 1.27 bits per heavy atom. The molecule has 1 aromatic carbocycles. The van der Waals surface area contributed by atoms with Gasteiger partial charge in [-0.2, -0.15) is 5.10 Å². The molecule has 2 aromatic rings. The third-order valence-corrected chi connectivity index (χ3v) is 4.74. The number of benzene rings is 1. The molecule has 0 bridgehead atoms. The van der Waals surface area contributed by atoms with Crippen LogP contribution in [0.5, 0.6) is 0 Å². The molecule has 6 nitrogen and oxygen atoms in total. The van der Waals surface area contributed by atoms with E-state index in [0.29, 0.717) is 13.0 Å². The molecular formula is C20H28N4O2. The van der Waals surface area contributed by atoms with Gasteiger partial charge in [-0.15, -0.1) is 0 Å². The summed E-state index contributed by atoms with van der Waals surface area (Å²) in [6, 6.07) is 7.55. The van der Waals surface area contributed by atoms with E-state index in [-0.39, 0.29) is 17.7 Å². The van der Waals surface area contributed by atoms with Crippen molar-refractivity contribution < 1.29 is 9.59 Å². The summed E-state index contributed by atoms with van der Waals surface area (Å²) in [5, 5.41) is 10.2. The van der Waals surface area contributed by atoms with Crippen LogP contribution in [0.25, 0.3) is 0 Å². The van der Waals surface area contributed by atoms with Crippen molar-refractivity contribution in [2.24, 2.45) is 13.0 Å². The third-order valence-electron chi connectivity index (χ3n) is 4.74. The monoisotopic (exact) mass is 356 g/mol. The number of carbonyl (C=O) groups is 2. The first-order valence-corrected chi connectivity index (χ1v) is 8.97. The Morgan fingerprint density at radius 2 is 2.00 bits per heavy atom. The Balaban J connectivity index is 1.94. The maximum atomic E-state index is 12.3. The molecule has 0 saturated heterocycles. The van der Waals surface area contributed by atoms with Crippen LogP contribution in [0.4, 0.5) is 5.69 Å². The summed E-state index contributed by atoms with van der Waals surface area (Å²) in [6.07, 6.45) is 1.12. The molecule has 0 fully saturated rings. The maximum absolute atomic E-state index is 12.3. The van der Waals surface area contributed by atoms with Crippen LogP contribution in [0.15, 0.2) is 24.3 Å². The van der Waals surface area contributed by atoms with Crippen molar-refractivity contribution in [3.8, 4) is 0 Å². The van der Waals surface area contributed by atoms with E-state index >= 15 is 0 Å². The van der Waals surface area contributed by atoms with Gasteiger partial charge in [0.15, 0.2) is 0 Å². The van der Waals surface area contributed by atoms with Crippen molar-refractivity contribution in [3.63, 3.8) is 0 Å². The zero-order chi connectivity index (χ0) is 19.3. The van der Waals surface area contributed by atoms with E-state index in [4.69, 9.17) is 0 Å². The second-order valence-corrected chi connectivity index (χ2v) is 6.73. The maximum Gasteiger partial charge on any atom is 0.227 e. The number of nitrogens with zero attached hydrogens (tertiary/aromatic N) is 2. The Kier molecular flexibility index (Phi) is 6.55. The molecule has 140 valence electrons. The topological polar surface area (TPSA) is 76.0 Å². The van der Waals surface area contributed by atoms with Gasteiger partial charge < -0.3 is 10.6 Å². The Morgan fingerprint density at radius 3 is 2.62 bits per heavy atom. The highest BCUT2D eigenvalue weighted by Crippen LogP contribution is 2.14. The summed E-state index contributed by atoms with van der Waals surface area (Å²) in [6.45, 7) is 8.19. The average Bonchev–Trinajstić information content (AvgIpc) is 2.85. The summed E-state index contributed by atoms with van der Waals surface area (Å²) in [4.78, 5) is 24.3. The molecule has 1 atom stereocenters. The highest BCUT2D eigenvalue weighted by Gasteiger charge is 2.14. The molecule has 0 radical (unpaired) electrons. The van der Waals surface area contributed by atoms with Gasteiger partial charge in [-0.25, -0.2) is 0 Å². The predicted molar refractivity (Wildman–Crippen MR) is 103 cm³/mol. The minimum Gasteiger partial charge on any atom is -0.352 e. The minimum atomic E-state index is -0.0433. The molecule has 1 heterocycles. The number of hydrogen-bond donors (Lipinski definition) is 2. The van der Waals surface area contributed by atoms with E-state index in [9.17, 15) is 9.59 Å². The number of aromatic nitrogens is 2. The van der Waals surface area contributed by atoms with E-state index < -0.39 is 0 Å². The van der Waals surface area contributed by atoms with Crippen molar-refractivity contribution in [3.05, 3.63) is 46.8 Å². The first kappa shape index (κ1) is 19.7. The third kappa shape index (κ3) is 4.94.